The van der Waals surface area contributed by atoms with Crippen molar-refractivity contribution in [3.05, 3.63) is 92.5 Å². The fraction of sp³-hybridized carbons (Fsp3) is 0.185. The van der Waals surface area contributed by atoms with E-state index in [4.69, 9.17) is 26.1 Å². The summed E-state index contributed by atoms with van der Waals surface area (Å²) in [5.74, 6) is 2.05. The fourth-order valence-corrected chi connectivity index (χ4v) is 6.28. The molecule has 0 N–H and O–H groups in total. The molecule has 0 aliphatic rings. The molecule has 0 aliphatic heterocycles. The molecule has 0 fully saturated rings. The van der Waals surface area contributed by atoms with E-state index in [0.29, 0.717) is 46.3 Å². The van der Waals surface area contributed by atoms with Crippen LogP contribution in [-0.4, -0.2) is 23.8 Å². The number of benzene rings is 3. The minimum Gasteiger partial charge on any atom is -0.493 e. The molecule has 0 unspecified atom stereocenters. The number of nitrogens with zero attached hydrogens (tertiary/aromatic N) is 2. The van der Waals surface area contributed by atoms with Gasteiger partial charge in [-0.05, 0) is 70.8 Å². The summed E-state index contributed by atoms with van der Waals surface area (Å²) in [5.41, 5.74) is 2.92. The van der Waals surface area contributed by atoms with Crippen molar-refractivity contribution in [2.75, 3.05) is 14.2 Å². The van der Waals surface area contributed by atoms with Gasteiger partial charge in [0.25, 0.3) is 5.56 Å². The Morgan fingerprint density at radius 1 is 1.00 bits per heavy atom. The van der Waals surface area contributed by atoms with Gasteiger partial charge in [0.05, 0.1) is 25.1 Å². The number of rotatable bonds is 8. The Labute approximate surface area is 216 Å². The Morgan fingerprint density at radius 3 is 2.66 bits per heavy atom. The highest BCUT2D eigenvalue weighted by Gasteiger charge is 2.14. The molecule has 0 atom stereocenters. The summed E-state index contributed by atoms with van der Waals surface area (Å²) >= 11 is 9.51. The lowest BCUT2D eigenvalue weighted by Gasteiger charge is -2.14. The Balaban J connectivity index is 1.47. The van der Waals surface area contributed by atoms with E-state index in [1.165, 1.54) is 10.3 Å². The molecule has 5 nitrogen and oxygen atoms in total. The van der Waals surface area contributed by atoms with Gasteiger partial charge in [0.15, 0.2) is 16.7 Å². The van der Waals surface area contributed by atoms with Gasteiger partial charge in [-0.25, -0.2) is 4.98 Å². The third kappa shape index (κ3) is 4.89. The average Bonchev–Trinajstić information content (AvgIpc) is 3.28. The quantitative estimate of drug-likeness (QED) is 0.165. The Hall–Kier alpha value is -3.00. The van der Waals surface area contributed by atoms with Crippen molar-refractivity contribution in [3.8, 4) is 11.5 Å². The SMILES string of the molecule is COc1ccc(CCn2c(SCc3csc4ccc(Cl)cc34)nc3ccccc3c2=O)cc1OC. The summed E-state index contributed by atoms with van der Waals surface area (Å²) in [4.78, 5) is 18.3. The maximum absolute atomic E-state index is 13.5. The van der Waals surface area contributed by atoms with Gasteiger partial charge in [0.1, 0.15) is 0 Å². The predicted molar refractivity (Wildman–Crippen MR) is 146 cm³/mol. The molecule has 8 heteroatoms. The maximum atomic E-state index is 13.5. The summed E-state index contributed by atoms with van der Waals surface area (Å²) in [6, 6.07) is 19.3. The topological polar surface area (TPSA) is 53.4 Å². The number of methoxy groups -OCH3 is 2. The van der Waals surface area contributed by atoms with Crippen LogP contribution in [0.1, 0.15) is 11.1 Å². The van der Waals surface area contributed by atoms with E-state index in [-0.39, 0.29) is 5.56 Å². The number of aromatic nitrogens is 2. The smallest absolute Gasteiger partial charge is 0.262 e. The van der Waals surface area contributed by atoms with E-state index in [1.54, 1.807) is 41.9 Å². The average molecular weight is 523 g/mol. The van der Waals surface area contributed by atoms with Crippen molar-refractivity contribution in [3.63, 3.8) is 0 Å². The van der Waals surface area contributed by atoms with Gasteiger partial charge in [-0.1, -0.05) is 41.6 Å². The summed E-state index contributed by atoms with van der Waals surface area (Å²) in [7, 11) is 3.24. The minimum atomic E-state index is -0.0307. The summed E-state index contributed by atoms with van der Waals surface area (Å²) in [6.07, 6.45) is 0.658. The first kappa shape index (κ1) is 23.7. The summed E-state index contributed by atoms with van der Waals surface area (Å²) < 4.78 is 13.8. The fourth-order valence-electron chi connectivity index (χ4n) is 4.04. The number of thioether (sulfide) groups is 1. The monoisotopic (exact) mass is 522 g/mol. The first-order valence-corrected chi connectivity index (χ1v) is 13.3. The zero-order valence-corrected chi connectivity index (χ0v) is 21.7. The van der Waals surface area contributed by atoms with Gasteiger partial charge >= 0.3 is 0 Å². The highest BCUT2D eigenvalue weighted by molar-refractivity contribution is 7.98. The van der Waals surface area contributed by atoms with Crippen molar-refractivity contribution in [1.29, 1.82) is 0 Å². The van der Waals surface area contributed by atoms with Crippen LogP contribution in [0.25, 0.3) is 21.0 Å². The molecule has 178 valence electrons. The van der Waals surface area contributed by atoms with E-state index < -0.39 is 0 Å². The molecule has 0 amide bonds. The minimum absolute atomic E-state index is 0.0307. The first-order chi connectivity index (χ1) is 17.1. The molecule has 0 radical (unpaired) electrons. The van der Waals surface area contributed by atoms with Crippen molar-refractivity contribution >= 4 is 55.7 Å². The van der Waals surface area contributed by atoms with Crippen LogP contribution in [0.3, 0.4) is 0 Å². The van der Waals surface area contributed by atoms with Crippen LogP contribution in [-0.2, 0) is 18.7 Å². The standard InChI is InChI=1S/C27H23ClN2O3S2/c1-32-23-9-7-17(13-24(23)33-2)11-12-30-26(31)20-5-3-4-6-22(20)29-27(30)35-16-18-15-34-25-10-8-19(28)14-21(18)25/h3-10,13-15H,11-12,16H2,1-2H3. The van der Waals surface area contributed by atoms with Crippen LogP contribution in [0.5, 0.6) is 11.5 Å². The molecular weight excluding hydrogens is 500 g/mol. The number of para-hydroxylation sites is 1. The lowest BCUT2D eigenvalue weighted by atomic mass is 10.1. The molecule has 0 bridgehead atoms. The van der Waals surface area contributed by atoms with Crippen LogP contribution in [0.15, 0.2) is 76.0 Å². The summed E-state index contributed by atoms with van der Waals surface area (Å²) in [5, 5.41) is 5.35. The Kier molecular flexibility index (Phi) is 7.00. The molecule has 5 aromatic rings. The third-order valence-corrected chi connectivity index (χ3v) is 8.14. The molecule has 0 saturated heterocycles. The van der Waals surface area contributed by atoms with Crippen molar-refractivity contribution in [2.24, 2.45) is 0 Å². The lowest BCUT2D eigenvalue weighted by Crippen LogP contribution is -2.24. The molecule has 2 aromatic heterocycles. The maximum Gasteiger partial charge on any atom is 0.262 e. The molecule has 35 heavy (non-hydrogen) atoms. The number of hydrogen-bond donors (Lipinski definition) is 0. The number of thiophene rings is 1. The molecule has 2 heterocycles. The van der Waals surface area contributed by atoms with E-state index in [2.05, 4.69) is 5.38 Å². The molecule has 3 aromatic carbocycles. The van der Waals surface area contributed by atoms with Crippen molar-refractivity contribution < 1.29 is 9.47 Å². The molecule has 0 aliphatic carbocycles. The largest absolute Gasteiger partial charge is 0.493 e. The van der Waals surface area contributed by atoms with Crippen molar-refractivity contribution in [2.45, 2.75) is 23.9 Å². The van der Waals surface area contributed by atoms with Gasteiger partial charge in [-0.2, -0.15) is 0 Å². The van der Waals surface area contributed by atoms with E-state index >= 15 is 0 Å². The lowest BCUT2D eigenvalue weighted by molar-refractivity contribution is 0.354. The van der Waals surface area contributed by atoms with E-state index in [0.717, 1.165) is 16.0 Å². The van der Waals surface area contributed by atoms with E-state index in [1.807, 2.05) is 60.7 Å². The van der Waals surface area contributed by atoms with Crippen molar-refractivity contribution in [1.82, 2.24) is 9.55 Å². The van der Waals surface area contributed by atoms with Crippen LogP contribution in [0.2, 0.25) is 5.02 Å². The third-order valence-electron chi connectivity index (χ3n) is 5.87. The zero-order chi connectivity index (χ0) is 24.4. The molecule has 0 spiro atoms. The number of fused-ring (bicyclic) bond motifs is 2. The molecular formula is C27H23ClN2O3S2. The first-order valence-electron chi connectivity index (χ1n) is 11.1. The predicted octanol–water partition coefficient (Wildman–Crippen LogP) is 6.82. The number of ether oxygens (including phenoxy) is 2. The zero-order valence-electron chi connectivity index (χ0n) is 19.3. The Morgan fingerprint density at radius 2 is 1.83 bits per heavy atom. The van der Waals surface area contributed by atoms with Crippen LogP contribution < -0.4 is 15.0 Å². The number of halogens is 1. The van der Waals surface area contributed by atoms with Gasteiger partial charge in [-0.3, -0.25) is 9.36 Å². The Bertz CT molecular complexity index is 1580. The highest BCUT2D eigenvalue weighted by atomic mass is 35.5. The van der Waals surface area contributed by atoms with Gasteiger partial charge < -0.3 is 9.47 Å². The number of aryl methyl sites for hydroxylation is 1. The van der Waals surface area contributed by atoms with Gasteiger partial charge in [-0.15, -0.1) is 11.3 Å². The molecule has 5 rings (SSSR count). The second-order valence-electron chi connectivity index (χ2n) is 8.00. The number of hydrogen-bond acceptors (Lipinski definition) is 6. The van der Waals surface area contributed by atoms with Crippen LogP contribution in [0, 0.1) is 0 Å². The van der Waals surface area contributed by atoms with E-state index in [9.17, 15) is 4.79 Å². The second kappa shape index (κ2) is 10.3. The second-order valence-corrected chi connectivity index (χ2v) is 10.3. The van der Waals surface area contributed by atoms with Gasteiger partial charge in [0, 0.05) is 22.0 Å². The normalized spacial score (nSPS) is 11.3. The van der Waals surface area contributed by atoms with Crippen LogP contribution in [0.4, 0.5) is 0 Å². The van der Waals surface area contributed by atoms with Crippen LogP contribution >= 0.6 is 34.7 Å². The van der Waals surface area contributed by atoms with Gasteiger partial charge in [0.2, 0.25) is 0 Å². The molecule has 0 saturated carbocycles. The summed E-state index contributed by atoms with van der Waals surface area (Å²) in [6.45, 7) is 0.505. The highest BCUT2D eigenvalue weighted by Crippen LogP contribution is 2.33.